The van der Waals surface area contributed by atoms with Gasteiger partial charge in [0, 0.05) is 19.6 Å². The van der Waals surface area contributed by atoms with E-state index in [0.29, 0.717) is 6.42 Å². The van der Waals surface area contributed by atoms with Crippen LogP contribution in [0.5, 0.6) is 0 Å². The van der Waals surface area contributed by atoms with Crippen LogP contribution in [-0.2, 0) is 0 Å². The molecule has 1 aliphatic heterocycles. The summed E-state index contributed by atoms with van der Waals surface area (Å²) in [5, 5.41) is 0. The number of halogens is 1. The molecule has 0 aromatic carbocycles. The molecule has 1 aliphatic rings. The lowest BCUT2D eigenvalue weighted by Gasteiger charge is -2.15. The molecule has 3 atom stereocenters. The van der Waals surface area contributed by atoms with Gasteiger partial charge in [-0.15, -0.1) is 0 Å². The number of alkyl halides is 1. The third kappa shape index (κ3) is 2.74. The maximum absolute atomic E-state index is 12.5. The summed E-state index contributed by atoms with van der Waals surface area (Å²) in [6.45, 7) is 9.46. The molecule has 0 bridgehead atoms. The minimum atomic E-state index is -0.642. The fourth-order valence-corrected chi connectivity index (χ4v) is 1.79. The molecule has 1 fully saturated rings. The molecule has 1 nitrogen and oxygen atoms in total. The third-order valence-corrected chi connectivity index (χ3v) is 2.91. The number of hydrogen-bond donors (Lipinski definition) is 0. The first-order chi connectivity index (χ1) is 5.59. The Balaban J connectivity index is 2.19. The van der Waals surface area contributed by atoms with Gasteiger partial charge in [-0.05, 0) is 25.2 Å². The lowest BCUT2D eigenvalue weighted by atomic mass is 10.0. The van der Waals surface area contributed by atoms with Gasteiger partial charge in [0.2, 0.25) is 0 Å². The van der Waals surface area contributed by atoms with Crippen LogP contribution in [0.25, 0.3) is 0 Å². The Morgan fingerprint density at radius 1 is 1.33 bits per heavy atom. The molecular formula is C10H20FN. The summed E-state index contributed by atoms with van der Waals surface area (Å²) in [4.78, 5) is 2.38. The molecule has 0 aromatic heterocycles. The van der Waals surface area contributed by atoms with Gasteiger partial charge in [0.25, 0.3) is 0 Å². The van der Waals surface area contributed by atoms with Crippen LogP contribution in [-0.4, -0.2) is 30.7 Å². The first-order valence-corrected chi connectivity index (χ1v) is 4.96. The summed E-state index contributed by atoms with van der Waals surface area (Å²) in [5.74, 6) is 1.58. The van der Waals surface area contributed by atoms with Crippen LogP contribution >= 0.6 is 0 Å². The van der Waals surface area contributed by atoms with Crippen LogP contribution in [0, 0.1) is 11.8 Å². The average molecular weight is 173 g/mol. The molecule has 12 heavy (non-hydrogen) atoms. The molecule has 72 valence electrons. The van der Waals surface area contributed by atoms with E-state index >= 15 is 0 Å². The Morgan fingerprint density at radius 3 is 2.25 bits per heavy atom. The Morgan fingerprint density at radius 2 is 1.83 bits per heavy atom. The quantitative estimate of drug-likeness (QED) is 0.633. The van der Waals surface area contributed by atoms with E-state index < -0.39 is 6.17 Å². The predicted molar refractivity (Wildman–Crippen MR) is 50.0 cm³/mol. The molecule has 0 radical (unpaired) electrons. The highest BCUT2D eigenvalue weighted by Gasteiger charge is 2.25. The fraction of sp³-hybridized carbons (Fsp3) is 1.00. The molecule has 0 amide bonds. The zero-order valence-electron chi connectivity index (χ0n) is 8.39. The van der Waals surface area contributed by atoms with E-state index in [2.05, 4.69) is 18.7 Å². The lowest BCUT2D eigenvalue weighted by molar-refractivity contribution is 0.259. The van der Waals surface area contributed by atoms with Gasteiger partial charge in [-0.2, -0.15) is 0 Å². The van der Waals surface area contributed by atoms with Gasteiger partial charge >= 0.3 is 0 Å². The highest BCUT2D eigenvalue weighted by Crippen LogP contribution is 2.22. The van der Waals surface area contributed by atoms with Crippen molar-refractivity contribution >= 4 is 0 Å². The van der Waals surface area contributed by atoms with Crippen molar-refractivity contribution in [2.24, 2.45) is 11.8 Å². The first-order valence-electron chi connectivity index (χ1n) is 4.96. The average Bonchev–Trinajstić information content (AvgIpc) is 2.28. The highest BCUT2D eigenvalue weighted by molar-refractivity contribution is 4.78. The van der Waals surface area contributed by atoms with Crippen molar-refractivity contribution < 1.29 is 4.39 Å². The molecule has 0 aliphatic carbocycles. The van der Waals surface area contributed by atoms with Crippen LogP contribution < -0.4 is 0 Å². The summed E-state index contributed by atoms with van der Waals surface area (Å²) >= 11 is 0. The monoisotopic (exact) mass is 173 g/mol. The number of hydrogen-bond acceptors (Lipinski definition) is 1. The van der Waals surface area contributed by atoms with Crippen LogP contribution in [0.3, 0.4) is 0 Å². The number of likely N-dealkylation sites (tertiary alicyclic amines) is 1. The maximum atomic E-state index is 12.5. The summed E-state index contributed by atoms with van der Waals surface area (Å²) in [5.41, 5.74) is 0. The first kappa shape index (κ1) is 9.97. The van der Waals surface area contributed by atoms with Crippen LogP contribution in [0.4, 0.5) is 4.39 Å². The summed E-state index contributed by atoms with van der Waals surface area (Å²) < 4.78 is 12.5. The maximum Gasteiger partial charge on any atom is 0.0985 e. The highest BCUT2D eigenvalue weighted by atomic mass is 19.1. The van der Waals surface area contributed by atoms with E-state index in [1.54, 1.807) is 6.92 Å². The van der Waals surface area contributed by atoms with Crippen molar-refractivity contribution in [3.05, 3.63) is 0 Å². The van der Waals surface area contributed by atoms with E-state index in [9.17, 15) is 4.39 Å². The van der Waals surface area contributed by atoms with Crippen molar-refractivity contribution in [3.8, 4) is 0 Å². The van der Waals surface area contributed by atoms with E-state index in [0.717, 1.165) is 31.5 Å². The summed E-state index contributed by atoms with van der Waals surface area (Å²) in [7, 11) is 0. The molecule has 1 rings (SSSR count). The normalized spacial score (nSPS) is 34.0. The largest absolute Gasteiger partial charge is 0.303 e. The minimum Gasteiger partial charge on any atom is -0.303 e. The molecule has 2 heteroatoms. The van der Waals surface area contributed by atoms with Crippen LogP contribution in [0.2, 0.25) is 0 Å². The van der Waals surface area contributed by atoms with Gasteiger partial charge in [0.05, 0.1) is 6.17 Å². The van der Waals surface area contributed by atoms with Crippen LogP contribution in [0.1, 0.15) is 27.2 Å². The van der Waals surface area contributed by atoms with Crippen molar-refractivity contribution in [3.63, 3.8) is 0 Å². The predicted octanol–water partition coefficient (Wildman–Crippen LogP) is 2.32. The second-order valence-corrected chi connectivity index (χ2v) is 4.28. The molecular weight excluding hydrogens is 153 g/mol. The van der Waals surface area contributed by atoms with Crippen molar-refractivity contribution in [2.75, 3.05) is 19.6 Å². The second-order valence-electron chi connectivity index (χ2n) is 4.28. The van der Waals surface area contributed by atoms with Gasteiger partial charge in [0.1, 0.15) is 0 Å². The Kier molecular flexibility index (Phi) is 3.51. The van der Waals surface area contributed by atoms with Gasteiger partial charge in [-0.1, -0.05) is 13.8 Å². The zero-order chi connectivity index (χ0) is 9.14. The summed E-state index contributed by atoms with van der Waals surface area (Å²) in [6, 6.07) is 0. The van der Waals surface area contributed by atoms with Crippen molar-refractivity contribution in [2.45, 2.75) is 33.4 Å². The Labute approximate surface area is 74.9 Å². The molecule has 1 heterocycles. The molecule has 3 unspecified atom stereocenters. The van der Waals surface area contributed by atoms with Gasteiger partial charge in [-0.3, -0.25) is 0 Å². The fourth-order valence-electron chi connectivity index (χ4n) is 1.79. The Bertz CT molecular complexity index is 126. The summed E-state index contributed by atoms with van der Waals surface area (Å²) in [6.07, 6.45) is 0.0515. The Hall–Kier alpha value is -0.110. The van der Waals surface area contributed by atoms with E-state index in [1.807, 2.05) is 0 Å². The minimum absolute atomic E-state index is 0.642. The van der Waals surface area contributed by atoms with Crippen molar-refractivity contribution in [1.82, 2.24) is 4.90 Å². The smallest absolute Gasteiger partial charge is 0.0985 e. The molecule has 0 saturated carbocycles. The third-order valence-electron chi connectivity index (χ3n) is 2.91. The van der Waals surface area contributed by atoms with Gasteiger partial charge in [-0.25, -0.2) is 4.39 Å². The zero-order valence-corrected chi connectivity index (χ0v) is 8.39. The second kappa shape index (κ2) is 4.22. The topological polar surface area (TPSA) is 3.24 Å². The van der Waals surface area contributed by atoms with E-state index in [-0.39, 0.29) is 0 Å². The molecule has 0 N–H and O–H groups in total. The number of rotatable bonds is 3. The van der Waals surface area contributed by atoms with Gasteiger partial charge in [0.15, 0.2) is 0 Å². The molecule has 1 saturated heterocycles. The standard InChI is InChI=1S/C10H20FN/c1-8-6-12(7-9(8)2)5-4-10(3)11/h8-10H,4-7H2,1-3H3. The van der Waals surface area contributed by atoms with Crippen molar-refractivity contribution in [1.29, 1.82) is 0 Å². The van der Waals surface area contributed by atoms with Gasteiger partial charge < -0.3 is 4.90 Å². The lowest BCUT2D eigenvalue weighted by Crippen LogP contribution is -2.23. The SMILES string of the molecule is CC(F)CCN1CC(C)C(C)C1. The molecule has 0 spiro atoms. The van der Waals surface area contributed by atoms with E-state index in [1.165, 1.54) is 0 Å². The van der Waals surface area contributed by atoms with Crippen LogP contribution in [0.15, 0.2) is 0 Å². The van der Waals surface area contributed by atoms with E-state index in [4.69, 9.17) is 0 Å². The number of nitrogens with zero attached hydrogens (tertiary/aromatic N) is 1. The molecule has 0 aromatic rings.